The van der Waals surface area contributed by atoms with E-state index in [0.717, 1.165) is 15.6 Å². The van der Waals surface area contributed by atoms with Crippen molar-refractivity contribution in [3.63, 3.8) is 0 Å². The van der Waals surface area contributed by atoms with Crippen LogP contribution in [0.25, 0.3) is 0 Å². The molecule has 0 aliphatic carbocycles. The SMILES string of the molecule is COC(=O)C(N)C(C)c1ccc(Br)cc1C. The Hall–Kier alpha value is -0.870. The van der Waals surface area contributed by atoms with Gasteiger partial charge >= 0.3 is 5.97 Å². The molecule has 0 heterocycles. The molecule has 0 amide bonds. The Morgan fingerprint density at radius 2 is 2.12 bits per heavy atom. The molecule has 2 N–H and O–H groups in total. The fourth-order valence-corrected chi connectivity index (χ4v) is 2.16. The Balaban J connectivity index is 2.96. The highest BCUT2D eigenvalue weighted by atomic mass is 79.9. The zero-order valence-electron chi connectivity index (χ0n) is 9.66. The molecular formula is C12H16BrNO2. The molecule has 0 saturated carbocycles. The van der Waals surface area contributed by atoms with Crippen molar-refractivity contribution >= 4 is 21.9 Å². The van der Waals surface area contributed by atoms with Crippen molar-refractivity contribution in [3.8, 4) is 0 Å². The molecular weight excluding hydrogens is 270 g/mol. The molecule has 88 valence electrons. The second-order valence-electron chi connectivity index (χ2n) is 3.84. The third kappa shape index (κ3) is 2.83. The number of hydrogen-bond donors (Lipinski definition) is 1. The molecule has 1 rings (SSSR count). The molecule has 2 unspecified atom stereocenters. The molecule has 1 aromatic carbocycles. The van der Waals surface area contributed by atoms with Crippen LogP contribution in [0.3, 0.4) is 0 Å². The fraction of sp³-hybridized carbons (Fsp3) is 0.417. The lowest BCUT2D eigenvalue weighted by Gasteiger charge is -2.20. The molecule has 0 bridgehead atoms. The number of carbonyl (C=O) groups is 1. The monoisotopic (exact) mass is 285 g/mol. The molecule has 4 heteroatoms. The van der Waals surface area contributed by atoms with Crippen molar-refractivity contribution in [1.82, 2.24) is 0 Å². The van der Waals surface area contributed by atoms with Gasteiger partial charge in [-0.15, -0.1) is 0 Å². The van der Waals surface area contributed by atoms with Crippen LogP contribution >= 0.6 is 15.9 Å². The van der Waals surface area contributed by atoms with E-state index in [-0.39, 0.29) is 11.9 Å². The van der Waals surface area contributed by atoms with Crippen LogP contribution in [0, 0.1) is 6.92 Å². The van der Waals surface area contributed by atoms with Crippen LogP contribution in [0.4, 0.5) is 0 Å². The van der Waals surface area contributed by atoms with Gasteiger partial charge < -0.3 is 10.5 Å². The van der Waals surface area contributed by atoms with Crippen molar-refractivity contribution in [2.24, 2.45) is 5.73 Å². The predicted molar refractivity (Wildman–Crippen MR) is 67.3 cm³/mol. The van der Waals surface area contributed by atoms with Gasteiger partial charge in [0.2, 0.25) is 0 Å². The fourth-order valence-electron chi connectivity index (χ4n) is 1.68. The Morgan fingerprint density at radius 1 is 1.50 bits per heavy atom. The van der Waals surface area contributed by atoms with E-state index in [4.69, 9.17) is 5.73 Å². The summed E-state index contributed by atoms with van der Waals surface area (Å²) in [4.78, 5) is 11.3. The van der Waals surface area contributed by atoms with Gasteiger partial charge in [-0.05, 0) is 30.2 Å². The number of halogens is 1. The second kappa shape index (κ2) is 5.46. The lowest BCUT2D eigenvalue weighted by molar-refractivity contribution is -0.142. The number of esters is 1. The van der Waals surface area contributed by atoms with Crippen LogP contribution < -0.4 is 5.73 Å². The van der Waals surface area contributed by atoms with Gasteiger partial charge in [0.25, 0.3) is 0 Å². The minimum Gasteiger partial charge on any atom is -0.468 e. The Kier molecular flexibility index (Phi) is 4.50. The van der Waals surface area contributed by atoms with Gasteiger partial charge in [-0.2, -0.15) is 0 Å². The maximum absolute atomic E-state index is 11.3. The summed E-state index contributed by atoms with van der Waals surface area (Å²) in [5, 5.41) is 0. The van der Waals surface area contributed by atoms with E-state index in [0.29, 0.717) is 0 Å². The summed E-state index contributed by atoms with van der Waals surface area (Å²) in [5.74, 6) is -0.435. The number of methoxy groups -OCH3 is 1. The first-order chi connectivity index (χ1) is 7.47. The van der Waals surface area contributed by atoms with Crippen molar-refractivity contribution in [3.05, 3.63) is 33.8 Å². The lowest BCUT2D eigenvalue weighted by Crippen LogP contribution is -2.36. The molecule has 1 aromatic rings. The second-order valence-corrected chi connectivity index (χ2v) is 4.75. The molecule has 0 saturated heterocycles. The van der Waals surface area contributed by atoms with Gasteiger partial charge in [0, 0.05) is 10.4 Å². The number of rotatable bonds is 3. The quantitative estimate of drug-likeness (QED) is 0.868. The van der Waals surface area contributed by atoms with Crippen LogP contribution in [-0.2, 0) is 9.53 Å². The van der Waals surface area contributed by atoms with Gasteiger partial charge in [-0.3, -0.25) is 4.79 Å². The number of aryl methyl sites for hydroxylation is 1. The van der Waals surface area contributed by atoms with Gasteiger partial charge in [0.05, 0.1) is 7.11 Å². The first-order valence-electron chi connectivity index (χ1n) is 5.06. The molecule has 0 aromatic heterocycles. The van der Waals surface area contributed by atoms with Crippen molar-refractivity contribution in [2.75, 3.05) is 7.11 Å². The normalized spacial score (nSPS) is 14.3. The van der Waals surface area contributed by atoms with Crippen molar-refractivity contribution in [1.29, 1.82) is 0 Å². The van der Waals surface area contributed by atoms with Crippen LogP contribution in [0.15, 0.2) is 22.7 Å². The summed E-state index contributed by atoms with van der Waals surface area (Å²) in [6, 6.07) is 5.32. The van der Waals surface area contributed by atoms with Gasteiger partial charge in [-0.1, -0.05) is 28.9 Å². The van der Waals surface area contributed by atoms with E-state index in [2.05, 4.69) is 20.7 Å². The highest BCUT2D eigenvalue weighted by molar-refractivity contribution is 9.10. The first-order valence-corrected chi connectivity index (χ1v) is 5.86. The molecule has 2 atom stereocenters. The van der Waals surface area contributed by atoms with Crippen molar-refractivity contribution < 1.29 is 9.53 Å². The van der Waals surface area contributed by atoms with Gasteiger partial charge in [0.15, 0.2) is 0 Å². The van der Waals surface area contributed by atoms with Crippen LogP contribution in [0.2, 0.25) is 0 Å². The molecule has 0 fully saturated rings. The van der Waals surface area contributed by atoms with E-state index in [1.54, 1.807) is 0 Å². The Bertz CT molecular complexity index is 393. The zero-order valence-corrected chi connectivity index (χ0v) is 11.2. The molecule has 0 aliphatic rings. The van der Waals surface area contributed by atoms with Crippen LogP contribution in [0.1, 0.15) is 24.0 Å². The van der Waals surface area contributed by atoms with Gasteiger partial charge in [-0.25, -0.2) is 0 Å². The molecule has 16 heavy (non-hydrogen) atoms. The average Bonchev–Trinajstić information content (AvgIpc) is 2.26. The zero-order chi connectivity index (χ0) is 12.3. The third-order valence-electron chi connectivity index (χ3n) is 2.73. The summed E-state index contributed by atoms with van der Waals surface area (Å²) in [7, 11) is 1.35. The number of benzene rings is 1. The summed E-state index contributed by atoms with van der Waals surface area (Å²) in [5.41, 5.74) is 8.01. The first kappa shape index (κ1) is 13.2. The Labute approximate surface area is 104 Å². The standard InChI is InChI=1S/C12H16BrNO2/c1-7-6-9(13)4-5-10(7)8(2)11(14)12(15)16-3/h4-6,8,11H,14H2,1-3H3. The molecule has 3 nitrogen and oxygen atoms in total. The lowest BCUT2D eigenvalue weighted by atomic mass is 9.91. The van der Waals surface area contributed by atoms with Crippen molar-refractivity contribution in [2.45, 2.75) is 25.8 Å². The summed E-state index contributed by atoms with van der Waals surface area (Å²) >= 11 is 3.40. The molecule has 0 aliphatic heterocycles. The maximum atomic E-state index is 11.3. The Morgan fingerprint density at radius 3 is 2.62 bits per heavy atom. The van der Waals surface area contributed by atoms with E-state index < -0.39 is 6.04 Å². The topological polar surface area (TPSA) is 52.3 Å². The minimum atomic E-state index is -0.620. The summed E-state index contributed by atoms with van der Waals surface area (Å²) < 4.78 is 5.67. The van der Waals surface area contributed by atoms with E-state index >= 15 is 0 Å². The third-order valence-corrected chi connectivity index (χ3v) is 3.23. The van der Waals surface area contributed by atoms with E-state index in [9.17, 15) is 4.79 Å². The highest BCUT2D eigenvalue weighted by Gasteiger charge is 2.23. The van der Waals surface area contributed by atoms with E-state index in [1.807, 2.05) is 32.0 Å². The largest absolute Gasteiger partial charge is 0.468 e. The minimum absolute atomic E-state index is 0.0550. The average molecular weight is 286 g/mol. The van der Waals surface area contributed by atoms with Crippen LogP contribution in [-0.4, -0.2) is 19.1 Å². The summed E-state index contributed by atoms with van der Waals surface area (Å²) in [6.45, 7) is 3.93. The number of ether oxygens (including phenoxy) is 1. The molecule has 0 spiro atoms. The highest BCUT2D eigenvalue weighted by Crippen LogP contribution is 2.25. The van der Waals surface area contributed by atoms with E-state index in [1.165, 1.54) is 7.11 Å². The molecule has 0 radical (unpaired) electrons. The maximum Gasteiger partial charge on any atom is 0.323 e. The van der Waals surface area contributed by atoms with Gasteiger partial charge in [0.1, 0.15) is 6.04 Å². The summed E-state index contributed by atoms with van der Waals surface area (Å²) in [6.07, 6.45) is 0. The number of carbonyl (C=O) groups excluding carboxylic acids is 1. The number of hydrogen-bond acceptors (Lipinski definition) is 3. The predicted octanol–water partition coefficient (Wildman–Crippen LogP) is 2.36. The smallest absolute Gasteiger partial charge is 0.323 e. The number of nitrogens with two attached hydrogens (primary N) is 1. The van der Waals surface area contributed by atoms with Crippen LogP contribution in [0.5, 0.6) is 0 Å².